The molecule has 34 heavy (non-hydrogen) atoms. The number of alkyl carbamates (subject to hydrolysis) is 1. The summed E-state index contributed by atoms with van der Waals surface area (Å²) in [5.74, 6) is 0.789. The monoisotopic (exact) mass is 479 g/mol. The predicted molar refractivity (Wildman–Crippen MR) is 133 cm³/mol. The summed E-state index contributed by atoms with van der Waals surface area (Å²) in [7, 11) is 4.53. The van der Waals surface area contributed by atoms with E-state index in [1.54, 1.807) is 27.9 Å². The van der Waals surface area contributed by atoms with Crippen molar-refractivity contribution in [1.82, 2.24) is 15.7 Å². The zero-order chi connectivity index (χ0) is 26.1. The number of carbonyl (C=O) groups is 2. The second kappa shape index (κ2) is 13.0. The fourth-order valence-electron chi connectivity index (χ4n) is 3.31. The summed E-state index contributed by atoms with van der Waals surface area (Å²) in [5, 5.41) is 6.76. The Morgan fingerprint density at radius 2 is 1.82 bits per heavy atom. The van der Waals surface area contributed by atoms with Crippen LogP contribution < -0.4 is 21.1 Å². The lowest BCUT2D eigenvalue weighted by Crippen LogP contribution is -2.48. The van der Waals surface area contributed by atoms with E-state index in [1.807, 2.05) is 26.8 Å². The van der Waals surface area contributed by atoms with Gasteiger partial charge in [-0.3, -0.25) is 9.63 Å². The number of methoxy groups -OCH3 is 1. The largest absolute Gasteiger partial charge is 0.496 e. The van der Waals surface area contributed by atoms with Crippen LogP contribution in [0.2, 0.25) is 0 Å². The van der Waals surface area contributed by atoms with Crippen molar-refractivity contribution in [3.8, 4) is 5.75 Å². The van der Waals surface area contributed by atoms with Crippen molar-refractivity contribution in [2.75, 3.05) is 27.8 Å². The fourth-order valence-corrected chi connectivity index (χ4v) is 3.31. The number of guanidine groups is 1. The van der Waals surface area contributed by atoms with E-state index < -0.39 is 17.7 Å². The minimum atomic E-state index is -0.799. The third-order valence-electron chi connectivity index (χ3n) is 5.38. The van der Waals surface area contributed by atoms with E-state index in [9.17, 15) is 9.59 Å². The van der Waals surface area contributed by atoms with E-state index >= 15 is 0 Å². The number of hydrogen-bond donors (Lipinski definition) is 3. The van der Waals surface area contributed by atoms with Gasteiger partial charge in [-0.25, -0.2) is 14.9 Å². The van der Waals surface area contributed by atoms with Gasteiger partial charge in [0.15, 0.2) is 5.96 Å². The van der Waals surface area contributed by atoms with Crippen LogP contribution in [0.25, 0.3) is 0 Å². The summed E-state index contributed by atoms with van der Waals surface area (Å²) in [4.78, 5) is 34.1. The molecule has 1 aromatic rings. The maximum atomic E-state index is 12.6. The number of nitrogens with two attached hydrogens (primary N) is 1. The molecule has 1 aromatic carbocycles. The van der Waals surface area contributed by atoms with Gasteiger partial charge in [-0.2, -0.15) is 0 Å². The third-order valence-corrected chi connectivity index (χ3v) is 5.38. The summed E-state index contributed by atoms with van der Waals surface area (Å²) < 4.78 is 10.7. The Balaban J connectivity index is 2.69. The molecule has 0 saturated carbocycles. The van der Waals surface area contributed by atoms with Crippen molar-refractivity contribution in [3.05, 3.63) is 28.3 Å². The Morgan fingerprint density at radius 3 is 2.38 bits per heavy atom. The first-order chi connectivity index (χ1) is 15.8. The molecule has 0 fully saturated rings. The van der Waals surface area contributed by atoms with Crippen LogP contribution in [0, 0.1) is 20.8 Å². The Kier molecular flexibility index (Phi) is 11.1. The molecule has 0 bridgehead atoms. The molecule has 1 atom stereocenters. The first-order valence-electron chi connectivity index (χ1n) is 11.3. The molecule has 0 aliphatic carbocycles. The number of carbonyl (C=O) groups excluding carboxylic acids is 2. The SMILES string of the molecule is COc1cc(C)c(CN=C(N)NCCCC(NC(=O)OC(C)(C)C)C(=O)N(C)OC)c(C)c1C. The average Bonchev–Trinajstić information content (AvgIpc) is 2.75. The Bertz CT molecular complexity index is 879. The number of rotatable bonds is 10. The Labute approximate surface area is 203 Å². The van der Waals surface area contributed by atoms with Gasteiger partial charge in [0, 0.05) is 13.6 Å². The number of nitrogens with one attached hydrogen (secondary N) is 2. The van der Waals surface area contributed by atoms with Crippen molar-refractivity contribution in [3.63, 3.8) is 0 Å². The molecule has 1 unspecified atom stereocenters. The van der Waals surface area contributed by atoms with Gasteiger partial charge in [0.05, 0.1) is 20.8 Å². The van der Waals surface area contributed by atoms with Gasteiger partial charge in [0.25, 0.3) is 5.91 Å². The summed E-state index contributed by atoms with van der Waals surface area (Å²) >= 11 is 0. The van der Waals surface area contributed by atoms with E-state index in [4.69, 9.17) is 20.0 Å². The number of hydroxylamine groups is 2. The van der Waals surface area contributed by atoms with Crippen LogP contribution in [0.1, 0.15) is 55.9 Å². The number of aryl methyl sites for hydroxylation is 1. The van der Waals surface area contributed by atoms with Gasteiger partial charge >= 0.3 is 6.09 Å². The molecule has 192 valence electrons. The van der Waals surface area contributed by atoms with Gasteiger partial charge in [-0.1, -0.05) is 0 Å². The van der Waals surface area contributed by atoms with Gasteiger partial charge in [-0.05, 0) is 82.7 Å². The maximum Gasteiger partial charge on any atom is 0.408 e. The van der Waals surface area contributed by atoms with E-state index in [1.165, 1.54) is 14.2 Å². The number of likely N-dealkylation sites (N-methyl/N-ethyl adjacent to an activating group) is 1. The van der Waals surface area contributed by atoms with Crippen LogP contribution in [0.15, 0.2) is 11.1 Å². The van der Waals surface area contributed by atoms with Crippen LogP contribution in [0.5, 0.6) is 5.75 Å². The van der Waals surface area contributed by atoms with Crippen molar-refractivity contribution in [1.29, 1.82) is 0 Å². The smallest absolute Gasteiger partial charge is 0.408 e. The summed E-state index contributed by atoms with van der Waals surface area (Å²) in [5.41, 5.74) is 9.78. The van der Waals surface area contributed by atoms with E-state index in [0.29, 0.717) is 31.9 Å². The highest BCUT2D eigenvalue weighted by Crippen LogP contribution is 2.27. The van der Waals surface area contributed by atoms with E-state index in [-0.39, 0.29) is 5.91 Å². The highest BCUT2D eigenvalue weighted by atomic mass is 16.7. The van der Waals surface area contributed by atoms with Gasteiger partial charge in [0.1, 0.15) is 17.4 Å². The van der Waals surface area contributed by atoms with Crippen molar-refractivity contribution in [2.24, 2.45) is 10.7 Å². The summed E-state index contributed by atoms with van der Waals surface area (Å²) in [6, 6.07) is 1.20. The molecule has 0 saturated heterocycles. The molecular formula is C24H41N5O5. The lowest BCUT2D eigenvalue weighted by molar-refractivity contribution is -0.171. The van der Waals surface area contributed by atoms with Crippen LogP contribution in [-0.4, -0.2) is 62.5 Å². The molecule has 0 aliphatic rings. The topological polar surface area (TPSA) is 128 Å². The zero-order valence-electron chi connectivity index (χ0n) is 22.0. The normalized spacial score (nSPS) is 12.7. The zero-order valence-corrected chi connectivity index (χ0v) is 22.0. The molecule has 2 amide bonds. The average molecular weight is 480 g/mol. The summed E-state index contributed by atoms with van der Waals surface area (Å²) in [6.45, 7) is 12.3. The van der Waals surface area contributed by atoms with Crippen LogP contribution >= 0.6 is 0 Å². The molecule has 0 heterocycles. The number of benzene rings is 1. The predicted octanol–water partition coefficient (Wildman–Crippen LogP) is 2.72. The molecule has 0 spiro atoms. The lowest BCUT2D eigenvalue weighted by atomic mass is 9.97. The second-order valence-corrected chi connectivity index (χ2v) is 9.11. The molecular weight excluding hydrogens is 438 g/mol. The fraction of sp³-hybridized carbons (Fsp3) is 0.625. The second-order valence-electron chi connectivity index (χ2n) is 9.11. The maximum absolute atomic E-state index is 12.6. The molecule has 1 rings (SSSR count). The highest BCUT2D eigenvalue weighted by molar-refractivity contribution is 5.84. The number of nitrogens with zero attached hydrogens (tertiary/aromatic N) is 2. The van der Waals surface area contributed by atoms with Gasteiger partial charge in [-0.15, -0.1) is 0 Å². The molecule has 10 heteroatoms. The van der Waals surface area contributed by atoms with Crippen LogP contribution in [0.4, 0.5) is 4.79 Å². The summed E-state index contributed by atoms with van der Waals surface area (Å²) in [6.07, 6.45) is 0.256. The molecule has 0 radical (unpaired) electrons. The first kappa shape index (κ1) is 29.0. The van der Waals surface area contributed by atoms with Crippen molar-refractivity contribution in [2.45, 2.75) is 72.6 Å². The van der Waals surface area contributed by atoms with Crippen molar-refractivity contribution >= 4 is 18.0 Å². The Morgan fingerprint density at radius 1 is 1.18 bits per heavy atom. The van der Waals surface area contributed by atoms with E-state index in [0.717, 1.165) is 33.1 Å². The Hall–Kier alpha value is -3.01. The standard InChI is InChI=1S/C24H41N5O5/c1-15-13-20(32-8)17(3)16(2)18(15)14-27-22(25)26-12-10-11-19(21(30)29(7)33-9)28-23(31)34-24(4,5)6/h13,19H,10-12,14H2,1-9H3,(H,28,31)(H3,25,26,27). The minimum Gasteiger partial charge on any atom is -0.496 e. The first-order valence-corrected chi connectivity index (χ1v) is 11.3. The van der Waals surface area contributed by atoms with Crippen LogP contribution in [0.3, 0.4) is 0 Å². The quantitative estimate of drug-likeness (QED) is 0.204. The van der Waals surface area contributed by atoms with Crippen LogP contribution in [-0.2, 0) is 20.9 Å². The number of amides is 2. The molecule has 10 nitrogen and oxygen atoms in total. The third kappa shape index (κ3) is 9.09. The number of aliphatic imine (C=N–C) groups is 1. The van der Waals surface area contributed by atoms with Gasteiger partial charge in [0.2, 0.25) is 0 Å². The molecule has 0 aliphatic heterocycles. The lowest BCUT2D eigenvalue weighted by Gasteiger charge is -2.25. The van der Waals surface area contributed by atoms with Gasteiger partial charge < -0.3 is 25.8 Å². The molecule has 4 N–H and O–H groups in total. The highest BCUT2D eigenvalue weighted by Gasteiger charge is 2.26. The molecule has 0 aromatic heterocycles. The van der Waals surface area contributed by atoms with Crippen molar-refractivity contribution < 1.29 is 23.9 Å². The number of hydrogen-bond acceptors (Lipinski definition) is 6. The minimum absolute atomic E-state index is 0.309. The van der Waals surface area contributed by atoms with E-state index in [2.05, 4.69) is 15.6 Å². The number of ether oxygens (including phenoxy) is 2.